The van der Waals surface area contributed by atoms with Gasteiger partial charge in [0.2, 0.25) is 0 Å². The van der Waals surface area contributed by atoms with Crippen molar-refractivity contribution in [1.29, 1.82) is 0 Å². The molecular weight excluding hydrogens is 727 g/mol. The van der Waals surface area contributed by atoms with E-state index >= 15 is 0 Å². The standard InChI is InChI=1S/C23H21.C13H10.C11H17.2ClH.Zr/c1-22(2)7-5-14-10-18-16(12-20(14)22)9-17-13-21-15(11-19(17)18)6-8-23(21,3)4;1-3-7-12(8-4-1)11-13-9-5-2-6-10-13;1-5-9-6-7-10(8-9)11(2,3)4;;;/h5-13H,1-4H3;1-10H;7-9H,5H2,1-4H3;2*1H;/q-1;;-1;;;+2/p-2. The Hall–Kier alpha value is -2.96. The first-order chi connectivity index (χ1) is 22.8. The molecule has 0 saturated carbocycles. The summed E-state index contributed by atoms with van der Waals surface area (Å²) in [6, 6.07) is 33.0. The molecule has 5 aromatic carbocycles. The van der Waals surface area contributed by atoms with Gasteiger partial charge in [0.25, 0.3) is 0 Å². The molecular formula is C47H48Cl2Zr-2. The number of halogens is 2. The molecule has 3 heteroatoms. The van der Waals surface area contributed by atoms with Crippen molar-refractivity contribution in [3.8, 4) is 0 Å². The van der Waals surface area contributed by atoms with Gasteiger partial charge in [-0.25, -0.2) is 6.08 Å². The number of benzene rings is 4. The zero-order valence-corrected chi connectivity index (χ0v) is 34.6. The normalized spacial score (nSPS) is 17.1. The van der Waals surface area contributed by atoms with Gasteiger partial charge in [-0.15, -0.1) is 39.7 Å². The Kier molecular flexibility index (Phi) is 12.5. The van der Waals surface area contributed by atoms with E-state index < -0.39 is 0 Å². The van der Waals surface area contributed by atoms with Crippen LogP contribution in [0.15, 0.2) is 121 Å². The van der Waals surface area contributed by atoms with E-state index in [1.165, 1.54) is 94.4 Å². The van der Waals surface area contributed by atoms with Gasteiger partial charge in [-0.2, -0.15) is 11.6 Å². The summed E-state index contributed by atoms with van der Waals surface area (Å²) in [6.07, 6.45) is 18.2. The molecule has 5 aromatic rings. The summed E-state index contributed by atoms with van der Waals surface area (Å²) < 4.78 is 1.42. The minimum atomic E-state index is 0. The molecule has 0 saturated heterocycles. The summed E-state index contributed by atoms with van der Waals surface area (Å²) in [4.78, 5) is 0. The SMILES string of the molecule is CC1(C)C=Cc2cc3c(cc21)[cH-]c1cc2c(cc13)C=CC2(C)C.CCC1[C-]=CC(C(C)(C)C)=C1.[Cl-].[Cl-].[Zr+2]=[C](c1ccccc1)c1ccccc1. The summed E-state index contributed by atoms with van der Waals surface area (Å²) in [5.41, 5.74) is 10.4. The maximum absolute atomic E-state index is 3.35. The van der Waals surface area contributed by atoms with E-state index in [4.69, 9.17) is 0 Å². The van der Waals surface area contributed by atoms with Crippen molar-refractivity contribution in [3.05, 3.63) is 160 Å². The molecule has 0 nitrogen and oxygen atoms in total. The van der Waals surface area contributed by atoms with E-state index in [2.05, 4.69) is 189 Å². The van der Waals surface area contributed by atoms with Crippen LogP contribution < -0.4 is 24.8 Å². The molecule has 0 bridgehead atoms. The molecule has 8 rings (SSSR count). The molecule has 0 heterocycles. The second kappa shape index (κ2) is 15.7. The number of hydrogen-bond acceptors (Lipinski definition) is 0. The molecule has 1 unspecified atom stereocenters. The minimum absolute atomic E-state index is 0. The Morgan fingerprint density at radius 3 is 1.52 bits per heavy atom. The number of allylic oxidation sites excluding steroid dienone is 6. The third-order valence-corrected chi connectivity index (χ3v) is 11.5. The van der Waals surface area contributed by atoms with Crippen LogP contribution in [0.2, 0.25) is 0 Å². The third-order valence-electron chi connectivity index (χ3n) is 10.1. The molecule has 0 N–H and O–H groups in total. The van der Waals surface area contributed by atoms with Crippen molar-refractivity contribution in [2.45, 2.75) is 72.6 Å². The number of fused-ring (bicyclic) bond motifs is 5. The van der Waals surface area contributed by atoms with Crippen molar-refractivity contribution in [2.24, 2.45) is 11.3 Å². The van der Waals surface area contributed by atoms with Gasteiger partial charge in [-0.1, -0.05) is 121 Å². The zero-order valence-electron chi connectivity index (χ0n) is 30.7. The van der Waals surface area contributed by atoms with Crippen molar-refractivity contribution < 1.29 is 49.0 Å². The van der Waals surface area contributed by atoms with Crippen LogP contribution in [0.4, 0.5) is 0 Å². The van der Waals surface area contributed by atoms with E-state index in [1.54, 1.807) is 0 Å². The molecule has 256 valence electrons. The molecule has 1 atom stereocenters. The van der Waals surface area contributed by atoms with E-state index in [1.807, 2.05) is 0 Å². The van der Waals surface area contributed by atoms with Crippen molar-refractivity contribution in [3.63, 3.8) is 0 Å². The van der Waals surface area contributed by atoms with E-state index in [0.29, 0.717) is 11.3 Å². The summed E-state index contributed by atoms with van der Waals surface area (Å²) >= 11 is 1.46. The van der Waals surface area contributed by atoms with Gasteiger partial charge in [0.1, 0.15) is 0 Å². The van der Waals surface area contributed by atoms with E-state index in [9.17, 15) is 0 Å². The quantitative estimate of drug-likeness (QED) is 0.184. The molecule has 3 aliphatic rings. The van der Waals surface area contributed by atoms with Crippen LogP contribution in [-0.4, -0.2) is 3.21 Å². The van der Waals surface area contributed by atoms with Crippen molar-refractivity contribution in [2.75, 3.05) is 0 Å². The van der Waals surface area contributed by atoms with Crippen LogP contribution in [0.25, 0.3) is 33.7 Å². The Labute approximate surface area is 328 Å². The molecule has 0 amide bonds. The summed E-state index contributed by atoms with van der Waals surface area (Å²) in [5.74, 6) is 0.573. The van der Waals surface area contributed by atoms with E-state index in [0.717, 1.165) is 0 Å². The van der Waals surface area contributed by atoms with Crippen LogP contribution in [0.5, 0.6) is 0 Å². The first kappa shape index (κ1) is 39.8. The fraction of sp³-hybridized carbons (Fsp3) is 0.277. The van der Waals surface area contributed by atoms with Crippen LogP contribution >= 0.6 is 0 Å². The second-order valence-electron chi connectivity index (χ2n) is 15.6. The van der Waals surface area contributed by atoms with Gasteiger partial charge in [0.15, 0.2) is 0 Å². The molecule has 0 spiro atoms. The molecule has 0 aromatic heterocycles. The fourth-order valence-electron chi connectivity index (χ4n) is 6.90. The van der Waals surface area contributed by atoms with Gasteiger partial charge in [0, 0.05) is 10.8 Å². The molecule has 3 aliphatic carbocycles. The van der Waals surface area contributed by atoms with Crippen LogP contribution in [0, 0.1) is 17.4 Å². The third kappa shape index (κ3) is 8.39. The van der Waals surface area contributed by atoms with Crippen LogP contribution in [0.1, 0.15) is 95.2 Å². The van der Waals surface area contributed by atoms with Gasteiger partial charge in [0.05, 0.1) is 0 Å². The first-order valence-electron chi connectivity index (χ1n) is 17.4. The second-order valence-corrected chi connectivity index (χ2v) is 16.8. The Morgan fingerprint density at radius 2 is 1.16 bits per heavy atom. The summed E-state index contributed by atoms with van der Waals surface area (Å²) in [7, 11) is 0. The average molecular weight is 775 g/mol. The molecule has 0 aliphatic heterocycles. The fourth-order valence-corrected chi connectivity index (χ4v) is 7.71. The summed E-state index contributed by atoms with van der Waals surface area (Å²) in [5, 5.41) is 5.53. The maximum atomic E-state index is 3.35. The van der Waals surface area contributed by atoms with E-state index in [-0.39, 0.29) is 35.6 Å². The predicted octanol–water partition coefficient (Wildman–Crippen LogP) is 6.49. The van der Waals surface area contributed by atoms with Crippen molar-refractivity contribution >= 4 is 36.9 Å². The molecule has 50 heavy (non-hydrogen) atoms. The van der Waals surface area contributed by atoms with Crippen LogP contribution in [-0.2, 0) is 35.1 Å². The number of hydrogen-bond donors (Lipinski definition) is 0. The van der Waals surface area contributed by atoms with Gasteiger partial charge < -0.3 is 24.8 Å². The Balaban J connectivity index is 0.000000180. The Bertz CT molecular complexity index is 1970. The zero-order chi connectivity index (χ0) is 34.3. The molecule has 0 radical (unpaired) electrons. The van der Waals surface area contributed by atoms with Gasteiger partial charge in [-0.3, -0.25) is 6.08 Å². The monoisotopic (exact) mass is 772 g/mol. The van der Waals surface area contributed by atoms with Gasteiger partial charge in [-0.05, 0) is 11.1 Å². The first-order valence-corrected chi connectivity index (χ1v) is 18.6. The molecule has 0 fully saturated rings. The van der Waals surface area contributed by atoms with Crippen LogP contribution in [0.3, 0.4) is 0 Å². The van der Waals surface area contributed by atoms with Crippen molar-refractivity contribution in [1.82, 2.24) is 0 Å². The topological polar surface area (TPSA) is 0 Å². The summed E-state index contributed by atoms with van der Waals surface area (Å²) in [6.45, 7) is 18.1. The average Bonchev–Trinajstić information content (AvgIpc) is 3.84. The predicted molar refractivity (Wildman–Crippen MR) is 206 cm³/mol. The van der Waals surface area contributed by atoms with Gasteiger partial charge >= 0.3 is 99.2 Å². The number of rotatable bonds is 3. The Morgan fingerprint density at radius 1 is 0.720 bits per heavy atom.